The van der Waals surface area contributed by atoms with Gasteiger partial charge in [-0.1, -0.05) is 18.2 Å². The fourth-order valence-corrected chi connectivity index (χ4v) is 2.55. The topological polar surface area (TPSA) is 28.7 Å². The van der Waals surface area contributed by atoms with Gasteiger partial charge in [0.25, 0.3) is 0 Å². The van der Waals surface area contributed by atoms with E-state index in [4.69, 9.17) is 0 Å². The first kappa shape index (κ1) is 11.6. The minimum atomic E-state index is -0.253. The largest absolute Gasteiger partial charge is 0.338 e. The lowest BCUT2D eigenvalue weighted by molar-refractivity contribution is 0.629. The number of halogens is 2. The zero-order valence-corrected chi connectivity index (χ0v) is 11.8. The number of hydrogen-bond donors (Lipinski definition) is 1. The van der Waals surface area contributed by atoms with Crippen LogP contribution in [0.1, 0.15) is 5.56 Å². The lowest BCUT2D eigenvalue weighted by Crippen LogP contribution is -1.88. The van der Waals surface area contributed by atoms with Gasteiger partial charge in [-0.15, -0.1) is 0 Å². The molecule has 0 aliphatic heterocycles. The molecule has 1 heterocycles. The Morgan fingerprint density at radius 3 is 2.89 bits per heavy atom. The van der Waals surface area contributed by atoms with Crippen LogP contribution in [0.5, 0.6) is 0 Å². The lowest BCUT2D eigenvalue weighted by atomic mass is 10.1. The maximum atomic E-state index is 13.1. The van der Waals surface area contributed by atoms with Gasteiger partial charge in [-0.25, -0.2) is 9.37 Å². The molecule has 0 saturated heterocycles. The number of aromatic nitrogens is 2. The average molecular weight is 352 g/mol. The summed E-state index contributed by atoms with van der Waals surface area (Å²) in [6, 6.07) is 10.7. The van der Waals surface area contributed by atoms with Crippen molar-refractivity contribution in [2.45, 2.75) is 6.92 Å². The second-order valence-corrected chi connectivity index (χ2v) is 5.26. The zero-order chi connectivity index (χ0) is 12.7. The molecular formula is C14H10FIN2. The van der Waals surface area contributed by atoms with Crippen LogP contribution >= 0.6 is 22.6 Å². The van der Waals surface area contributed by atoms with Crippen LogP contribution in [-0.4, -0.2) is 9.97 Å². The Labute approximate surface area is 117 Å². The summed E-state index contributed by atoms with van der Waals surface area (Å²) in [5.41, 5.74) is 3.76. The minimum Gasteiger partial charge on any atom is -0.338 e. The molecular weight excluding hydrogens is 342 g/mol. The maximum absolute atomic E-state index is 13.1. The van der Waals surface area contributed by atoms with Gasteiger partial charge < -0.3 is 4.98 Å². The number of aromatic amines is 1. The van der Waals surface area contributed by atoms with Crippen molar-refractivity contribution < 1.29 is 4.39 Å². The van der Waals surface area contributed by atoms with E-state index in [-0.39, 0.29) is 5.82 Å². The van der Waals surface area contributed by atoms with Crippen LogP contribution < -0.4 is 0 Å². The summed E-state index contributed by atoms with van der Waals surface area (Å²) in [7, 11) is 0. The molecule has 4 heteroatoms. The van der Waals surface area contributed by atoms with Crippen molar-refractivity contribution in [2.75, 3.05) is 0 Å². The Morgan fingerprint density at radius 1 is 1.22 bits per heavy atom. The number of imidazole rings is 1. The van der Waals surface area contributed by atoms with Crippen molar-refractivity contribution in [1.82, 2.24) is 9.97 Å². The van der Waals surface area contributed by atoms with Gasteiger partial charge in [0.05, 0.1) is 11.0 Å². The highest BCUT2D eigenvalue weighted by atomic mass is 127. The number of aryl methyl sites for hydroxylation is 1. The molecule has 90 valence electrons. The third-order valence-electron chi connectivity index (χ3n) is 2.89. The van der Waals surface area contributed by atoms with E-state index in [9.17, 15) is 4.39 Å². The van der Waals surface area contributed by atoms with E-state index in [0.29, 0.717) is 0 Å². The highest BCUT2D eigenvalue weighted by molar-refractivity contribution is 14.1. The van der Waals surface area contributed by atoms with Gasteiger partial charge >= 0.3 is 0 Å². The normalized spacial score (nSPS) is 11.1. The molecule has 0 aliphatic rings. The van der Waals surface area contributed by atoms with Gasteiger partial charge in [0.1, 0.15) is 11.6 Å². The summed E-state index contributed by atoms with van der Waals surface area (Å²) in [5, 5.41) is 0. The summed E-state index contributed by atoms with van der Waals surface area (Å²) < 4.78 is 14.3. The van der Waals surface area contributed by atoms with Crippen molar-refractivity contribution >= 4 is 33.6 Å². The van der Waals surface area contributed by atoms with E-state index < -0.39 is 0 Å². The molecule has 1 aromatic heterocycles. The quantitative estimate of drug-likeness (QED) is 0.651. The molecule has 2 aromatic carbocycles. The van der Waals surface area contributed by atoms with E-state index in [1.165, 1.54) is 17.7 Å². The van der Waals surface area contributed by atoms with Crippen LogP contribution in [0.2, 0.25) is 0 Å². The van der Waals surface area contributed by atoms with E-state index in [1.807, 2.05) is 12.1 Å². The number of fused-ring (bicyclic) bond motifs is 1. The fraction of sp³-hybridized carbons (Fsp3) is 0.0714. The Balaban J connectivity index is 2.22. The Morgan fingerprint density at radius 2 is 2.06 bits per heavy atom. The van der Waals surface area contributed by atoms with Gasteiger partial charge in [0.2, 0.25) is 0 Å². The van der Waals surface area contributed by atoms with Crippen molar-refractivity contribution in [3.63, 3.8) is 0 Å². The van der Waals surface area contributed by atoms with Crippen LogP contribution in [-0.2, 0) is 0 Å². The highest BCUT2D eigenvalue weighted by Gasteiger charge is 2.10. The molecule has 0 aliphatic carbocycles. The number of hydrogen-bond acceptors (Lipinski definition) is 1. The molecule has 0 bridgehead atoms. The summed E-state index contributed by atoms with van der Waals surface area (Å²) >= 11 is 2.31. The molecule has 1 N–H and O–H groups in total. The Bertz CT molecular complexity index is 734. The first-order valence-electron chi connectivity index (χ1n) is 5.56. The summed E-state index contributed by atoms with van der Waals surface area (Å²) in [6.07, 6.45) is 0. The predicted molar refractivity (Wildman–Crippen MR) is 78.9 cm³/mol. The maximum Gasteiger partial charge on any atom is 0.139 e. The third-order valence-corrected chi connectivity index (χ3v) is 4.32. The van der Waals surface area contributed by atoms with Crippen molar-refractivity contribution in [3.8, 4) is 11.4 Å². The minimum absolute atomic E-state index is 0.253. The molecule has 2 nitrogen and oxygen atoms in total. The van der Waals surface area contributed by atoms with Crippen molar-refractivity contribution in [3.05, 3.63) is 51.3 Å². The lowest BCUT2D eigenvalue weighted by Gasteiger charge is -2.03. The molecule has 0 saturated carbocycles. The van der Waals surface area contributed by atoms with Crippen molar-refractivity contribution in [1.29, 1.82) is 0 Å². The van der Waals surface area contributed by atoms with E-state index in [0.717, 1.165) is 26.0 Å². The summed E-state index contributed by atoms with van der Waals surface area (Å²) in [6.45, 7) is 2.06. The standard InChI is InChI=1S/C14H10FIN2/c1-8-3-2-4-10(13(8)16)14-17-11-6-5-9(15)7-12(11)18-14/h2-7H,1H3,(H,17,18). The molecule has 18 heavy (non-hydrogen) atoms. The Hall–Kier alpha value is -1.43. The fourth-order valence-electron chi connectivity index (χ4n) is 1.94. The third kappa shape index (κ3) is 1.90. The average Bonchev–Trinajstić information content (AvgIpc) is 2.75. The van der Waals surface area contributed by atoms with Crippen molar-refractivity contribution in [2.24, 2.45) is 0 Å². The number of benzene rings is 2. The molecule has 0 spiro atoms. The van der Waals surface area contributed by atoms with Gasteiger partial charge in [-0.3, -0.25) is 0 Å². The molecule has 3 aromatic rings. The number of rotatable bonds is 1. The van der Waals surface area contributed by atoms with Gasteiger partial charge in [0, 0.05) is 9.13 Å². The molecule has 0 amide bonds. The van der Waals surface area contributed by atoms with Gasteiger partial charge in [-0.2, -0.15) is 0 Å². The zero-order valence-electron chi connectivity index (χ0n) is 9.67. The second kappa shape index (κ2) is 4.35. The number of nitrogens with one attached hydrogen (secondary N) is 1. The summed E-state index contributed by atoms with van der Waals surface area (Å²) in [4.78, 5) is 7.66. The first-order chi connectivity index (χ1) is 8.65. The monoisotopic (exact) mass is 352 g/mol. The molecule has 0 fully saturated rings. The second-order valence-electron chi connectivity index (χ2n) is 4.18. The molecule has 0 unspecified atom stereocenters. The number of H-pyrrole nitrogens is 1. The molecule has 0 radical (unpaired) electrons. The molecule has 3 rings (SSSR count). The van der Waals surface area contributed by atoms with E-state index in [2.05, 4.69) is 45.5 Å². The Kier molecular flexibility index (Phi) is 2.81. The van der Waals surface area contributed by atoms with Crippen LogP contribution in [0.25, 0.3) is 22.4 Å². The van der Waals surface area contributed by atoms with Gasteiger partial charge in [-0.05, 0) is 53.3 Å². The van der Waals surface area contributed by atoms with Gasteiger partial charge in [0.15, 0.2) is 0 Å². The van der Waals surface area contributed by atoms with Crippen LogP contribution in [0, 0.1) is 16.3 Å². The SMILES string of the molecule is Cc1cccc(-c2nc3ccc(F)cc3[nH]2)c1I. The van der Waals surface area contributed by atoms with Crippen LogP contribution in [0.15, 0.2) is 36.4 Å². The number of nitrogens with zero attached hydrogens (tertiary/aromatic N) is 1. The molecule has 0 atom stereocenters. The summed E-state index contributed by atoms with van der Waals surface area (Å²) in [5.74, 6) is 0.528. The highest BCUT2D eigenvalue weighted by Crippen LogP contribution is 2.27. The van der Waals surface area contributed by atoms with Crippen LogP contribution in [0.3, 0.4) is 0 Å². The first-order valence-corrected chi connectivity index (χ1v) is 6.64. The van der Waals surface area contributed by atoms with E-state index in [1.54, 1.807) is 6.07 Å². The predicted octanol–water partition coefficient (Wildman–Crippen LogP) is 4.28. The van der Waals surface area contributed by atoms with E-state index >= 15 is 0 Å². The van der Waals surface area contributed by atoms with Crippen LogP contribution in [0.4, 0.5) is 4.39 Å². The smallest absolute Gasteiger partial charge is 0.139 e.